The number of ether oxygens (including phenoxy) is 3. The number of rotatable bonds is 9. The van der Waals surface area contributed by atoms with E-state index in [0.717, 1.165) is 0 Å². The van der Waals surface area contributed by atoms with Crippen LogP contribution in [0, 0.1) is 6.92 Å². The van der Waals surface area contributed by atoms with E-state index in [0.29, 0.717) is 25.8 Å². The van der Waals surface area contributed by atoms with E-state index in [1.807, 2.05) is 0 Å². The maximum atomic E-state index is 12.5. The summed E-state index contributed by atoms with van der Waals surface area (Å²) in [5, 5.41) is 13.9. The van der Waals surface area contributed by atoms with Crippen molar-refractivity contribution in [3.63, 3.8) is 0 Å². The van der Waals surface area contributed by atoms with E-state index < -0.39 is 24.2 Å². The molecule has 37 heavy (non-hydrogen) atoms. The Morgan fingerprint density at radius 1 is 1.22 bits per heavy atom. The highest BCUT2D eigenvalue weighted by atomic mass is 79.9. The molecule has 0 atom stereocenters. The Bertz CT molecular complexity index is 1420. The summed E-state index contributed by atoms with van der Waals surface area (Å²) in [5.41, 5.74) is 3.04. The number of hydrogen-bond acceptors (Lipinski definition) is 9. The number of halogens is 2. The van der Waals surface area contributed by atoms with Crippen molar-refractivity contribution in [2.75, 3.05) is 20.3 Å². The van der Waals surface area contributed by atoms with Gasteiger partial charge in [0.2, 0.25) is 0 Å². The molecule has 0 spiro atoms. The minimum Gasteiger partial charge on any atom is -0.506 e. The van der Waals surface area contributed by atoms with E-state index in [1.165, 1.54) is 25.5 Å². The van der Waals surface area contributed by atoms with Gasteiger partial charge in [0.05, 0.1) is 30.1 Å². The molecule has 1 aromatic heterocycles. The second kappa shape index (κ2) is 12.5. The average Bonchev–Trinajstić information content (AvgIpc) is 2.85. The van der Waals surface area contributed by atoms with Crippen LogP contribution in [-0.4, -0.2) is 53.5 Å². The highest BCUT2D eigenvalue weighted by molar-refractivity contribution is 9.11. The zero-order chi connectivity index (χ0) is 27.1. The first-order valence-corrected chi connectivity index (χ1v) is 12.3. The molecule has 0 saturated heterocycles. The highest BCUT2D eigenvalue weighted by Crippen LogP contribution is 2.33. The van der Waals surface area contributed by atoms with Gasteiger partial charge in [-0.15, -0.1) is 0 Å². The van der Waals surface area contributed by atoms with E-state index in [1.54, 1.807) is 32.0 Å². The molecule has 3 aromatic rings. The topological polar surface area (TPSA) is 152 Å². The standard InChI is InChI=1S/C24H22Br2N4O7/c1-4-36-23(33)20-12(2)28-24(34)29-21(20)13-5-6-17(18(8-13)35-3)37-11-19(31)30-27-10-14-7-15(25)9-16(26)22(14)32/h5-10,32H,4,11H2,1-3H3,(H,30,31)(H,28,29,34)/b27-10+. The third-order valence-corrected chi connectivity index (χ3v) is 5.91. The first kappa shape index (κ1) is 27.9. The normalized spacial score (nSPS) is 10.8. The Balaban J connectivity index is 1.75. The van der Waals surface area contributed by atoms with Crippen LogP contribution in [0.15, 0.2) is 49.2 Å². The molecule has 13 heteroatoms. The fourth-order valence-electron chi connectivity index (χ4n) is 3.22. The van der Waals surface area contributed by atoms with Crippen molar-refractivity contribution in [2.24, 2.45) is 5.10 Å². The number of hydrogen-bond donors (Lipinski definition) is 3. The number of aromatic amines is 1. The Labute approximate surface area is 228 Å². The van der Waals surface area contributed by atoms with Gasteiger partial charge in [-0.25, -0.2) is 15.0 Å². The second-order valence-corrected chi connectivity index (χ2v) is 9.15. The number of H-pyrrole nitrogens is 1. The molecule has 0 unspecified atom stereocenters. The first-order valence-electron chi connectivity index (χ1n) is 10.7. The fraction of sp³-hybridized carbons (Fsp3) is 0.208. The summed E-state index contributed by atoms with van der Waals surface area (Å²) in [6.07, 6.45) is 1.29. The summed E-state index contributed by atoms with van der Waals surface area (Å²) in [6, 6.07) is 7.93. The number of benzene rings is 2. The molecule has 194 valence electrons. The predicted octanol–water partition coefficient (Wildman–Crippen LogP) is 3.69. The van der Waals surface area contributed by atoms with Crippen LogP contribution in [0.4, 0.5) is 0 Å². The van der Waals surface area contributed by atoms with Gasteiger partial charge in [0.25, 0.3) is 5.91 Å². The number of phenolic OH excluding ortho intramolecular Hbond substituents is 1. The van der Waals surface area contributed by atoms with Gasteiger partial charge in [0, 0.05) is 21.3 Å². The number of hydrazone groups is 1. The zero-order valence-electron chi connectivity index (χ0n) is 19.9. The van der Waals surface area contributed by atoms with Crippen molar-refractivity contribution < 1.29 is 28.9 Å². The van der Waals surface area contributed by atoms with Gasteiger partial charge in [-0.3, -0.25) is 4.79 Å². The summed E-state index contributed by atoms with van der Waals surface area (Å²) in [7, 11) is 1.40. The summed E-state index contributed by atoms with van der Waals surface area (Å²) in [5.74, 6) is -0.741. The number of aryl methyl sites for hydroxylation is 1. The number of amides is 1. The number of carbonyl (C=O) groups excluding carboxylic acids is 2. The largest absolute Gasteiger partial charge is 0.506 e. The summed E-state index contributed by atoms with van der Waals surface area (Å²) < 4.78 is 17.2. The van der Waals surface area contributed by atoms with Gasteiger partial charge in [0.1, 0.15) is 11.3 Å². The number of methoxy groups -OCH3 is 1. The lowest BCUT2D eigenvalue weighted by Crippen LogP contribution is -2.24. The maximum absolute atomic E-state index is 12.5. The number of aromatic nitrogens is 2. The molecule has 2 aromatic carbocycles. The Morgan fingerprint density at radius 3 is 2.68 bits per heavy atom. The maximum Gasteiger partial charge on any atom is 0.345 e. The molecule has 1 amide bonds. The number of nitrogens with one attached hydrogen (secondary N) is 2. The number of phenols is 1. The molecule has 0 aliphatic heterocycles. The van der Waals surface area contributed by atoms with Crippen LogP contribution < -0.4 is 20.6 Å². The lowest BCUT2D eigenvalue weighted by molar-refractivity contribution is -0.123. The summed E-state index contributed by atoms with van der Waals surface area (Å²) in [6.45, 7) is 3.01. The van der Waals surface area contributed by atoms with E-state index in [2.05, 4.69) is 52.4 Å². The Kier molecular flexibility index (Phi) is 9.42. The second-order valence-electron chi connectivity index (χ2n) is 7.38. The van der Waals surface area contributed by atoms with E-state index >= 15 is 0 Å². The SMILES string of the molecule is CCOC(=O)c1c(-c2ccc(OCC(=O)N/N=C/c3cc(Br)cc(Br)c3O)c(OC)c2)nc(=O)[nH]c1C. The molecule has 0 radical (unpaired) electrons. The number of nitrogens with zero attached hydrogens (tertiary/aromatic N) is 2. The summed E-state index contributed by atoms with van der Waals surface area (Å²) in [4.78, 5) is 43.1. The molecule has 0 bridgehead atoms. The number of esters is 1. The average molecular weight is 638 g/mol. The van der Waals surface area contributed by atoms with Gasteiger partial charge >= 0.3 is 11.7 Å². The first-order chi connectivity index (χ1) is 17.6. The molecule has 3 N–H and O–H groups in total. The lowest BCUT2D eigenvalue weighted by atomic mass is 10.0. The van der Waals surface area contributed by atoms with E-state index in [9.17, 15) is 19.5 Å². The van der Waals surface area contributed by atoms with Gasteiger partial charge in [-0.2, -0.15) is 10.1 Å². The van der Waals surface area contributed by atoms with Crippen LogP contribution in [0.2, 0.25) is 0 Å². The van der Waals surface area contributed by atoms with Crippen molar-refractivity contribution in [3.05, 3.63) is 66.6 Å². The molecule has 0 aliphatic carbocycles. The highest BCUT2D eigenvalue weighted by Gasteiger charge is 2.21. The minimum absolute atomic E-state index is 0.0292. The van der Waals surface area contributed by atoms with Crippen molar-refractivity contribution in [2.45, 2.75) is 13.8 Å². The predicted molar refractivity (Wildman–Crippen MR) is 142 cm³/mol. The Morgan fingerprint density at radius 2 is 1.97 bits per heavy atom. The number of carbonyl (C=O) groups is 2. The molecule has 0 fully saturated rings. The summed E-state index contributed by atoms with van der Waals surface area (Å²) >= 11 is 6.53. The number of aromatic hydroxyl groups is 1. The van der Waals surface area contributed by atoms with Crippen molar-refractivity contribution in [1.29, 1.82) is 0 Å². The van der Waals surface area contributed by atoms with Crippen LogP contribution in [0.3, 0.4) is 0 Å². The minimum atomic E-state index is -0.626. The van der Waals surface area contributed by atoms with Crippen LogP contribution >= 0.6 is 31.9 Å². The van der Waals surface area contributed by atoms with Crippen molar-refractivity contribution in [3.8, 4) is 28.5 Å². The molecule has 11 nitrogen and oxygen atoms in total. The van der Waals surface area contributed by atoms with Crippen molar-refractivity contribution >= 4 is 50.0 Å². The molecule has 0 aliphatic rings. The quantitative estimate of drug-likeness (QED) is 0.182. The van der Waals surface area contributed by atoms with Gasteiger partial charge < -0.3 is 24.3 Å². The van der Waals surface area contributed by atoms with Crippen molar-refractivity contribution in [1.82, 2.24) is 15.4 Å². The van der Waals surface area contributed by atoms with Gasteiger partial charge in [-0.05, 0) is 60.1 Å². The fourth-order valence-corrected chi connectivity index (χ4v) is 4.47. The molecule has 3 rings (SSSR count). The van der Waals surface area contributed by atoms with Crippen LogP contribution in [0.1, 0.15) is 28.5 Å². The van der Waals surface area contributed by atoms with Gasteiger partial charge in [-0.1, -0.05) is 15.9 Å². The molecular weight excluding hydrogens is 616 g/mol. The zero-order valence-corrected chi connectivity index (χ0v) is 23.1. The van der Waals surface area contributed by atoms with Crippen LogP contribution in [0.5, 0.6) is 17.2 Å². The molecular formula is C24H22Br2N4O7. The van der Waals surface area contributed by atoms with Gasteiger partial charge in [0.15, 0.2) is 18.1 Å². The molecule has 0 saturated carbocycles. The third kappa shape index (κ3) is 6.95. The van der Waals surface area contributed by atoms with E-state index in [-0.39, 0.29) is 35.1 Å². The monoisotopic (exact) mass is 636 g/mol. The van der Waals surface area contributed by atoms with E-state index in [4.69, 9.17) is 14.2 Å². The lowest BCUT2D eigenvalue weighted by Gasteiger charge is -2.14. The smallest absolute Gasteiger partial charge is 0.345 e. The Hall–Kier alpha value is -3.71. The third-order valence-electron chi connectivity index (χ3n) is 4.85. The van der Waals surface area contributed by atoms with Crippen LogP contribution in [-0.2, 0) is 9.53 Å². The molecule has 1 heterocycles. The van der Waals surface area contributed by atoms with Crippen LogP contribution in [0.25, 0.3) is 11.3 Å².